The van der Waals surface area contributed by atoms with Crippen LogP contribution < -0.4 is 5.32 Å². The van der Waals surface area contributed by atoms with Gasteiger partial charge >= 0.3 is 18.4 Å². The second kappa shape index (κ2) is 6.42. The van der Waals surface area contributed by atoms with Gasteiger partial charge in [-0.25, -0.2) is 4.79 Å². The summed E-state index contributed by atoms with van der Waals surface area (Å²) < 4.78 is 75.8. The number of carbonyl (C=O) groups excluding carboxylic acids is 1. The lowest BCUT2D eigenvalue weighted by Gasteiger charge is -2.18. The number of alkyl halides is 6. The van der Waals surface area contributed by atoms with Crippen LogP contribution in [0.1, 0.15) is 11.1 Å². The Hall–Kier alpha value is -1.97. The summed E-state index contributed by atoms with van der Waals surface area (Å²) in [5.41, 5.74) is -3.69. The molecule has 2 amide bonds. The number of likely N-dealkylation sites (N-methyl/N-ethyl adjacent to an activating group) is 1. The number of benzene rings is 1. The third-order valence-electron chi connectivity index (χ3n) is 2.62. The van der Waals surface area contributed by atoms with Crippen molar-refractivity contribution in [3.8, 4) is 0 Å². The van der Waals surface area contributed by atoms with E-state index in [4.69, 9.17) is 5.11 Å². The molecule has 2 N–H and O–H groups in total. The summed E-state index contributed by atoms with van der Waals surface area (Å²) in [6, 6.07) is -0.172. The average Bonchev–Trinajstić information content (AvgIpc) is 2.36. The van der Waals surface area contributed by atoms with Crippen LogP contribution in [-0.4, -0.2) is 36.2 Å². The SMILES string of the molecule is CN(CCO)C(=O)Nc1cc(C(F)(F)F)cc(C(F)(F)F)c1. The molecule has 0 aliphatic carbocycles. The van der Waals surface area contributed by atoms with E-state index in [2.05, 4.69) is 0 Å². The predicted molar refractivity (Wildman–Crippen MR) is 65.2 cm³/mol. The highest BCUT2D eigenvalue weighted by atomic mass is 19.4. The van der Waals surface area contributed by atoms with Gasteiger partial charge in [-0.15, -0.1) is 0 Å². The number of nitrogens with zero attached hydrogens (tertiary/aromatic N) is 1. The number of rotatable bonds is 3. The first-order valence-corrected chi connectivity index (χ1v) is 5.87. The minimum absolute atomic E-state index is 0.0346. The lowest BCUT2D eigenvalue weighted by Crippen LogP contribution is -2.33. The minimum atomic E-state index is -4.99. The van der Waals surface area contributed by atoms with Crippen LogP contribution in [0, 0.1) is 0 Å². The molecule has 0 aliphatic rings. The highest BCUT2D eigenvalue weighted by Crippen LogP contribution is 2.37. The fraction of sp³-hybridized carbons (Fsp3) is 0.417. The standard InChI is InChI=1S/C12H12F6N2O2/c1-20(2-3-21)10(22)19-9-5-7(11(13,14)15)4-8(6-9)12(16,17)18/h4-6,21H,2-3H2,1H3,(H,19,22). The van der Waals surface area contributed by atoms with Crippen molar-refractivity contribution in [2.24, 2.45) is 0 Å². The second-order valence-corrected chi connectivity index (χ2v) is 4.37. The maximum absolute atomic E-state index is 12.6. The third-order valence-corrected chi connectivity index (χ3v) is 2.62. The van der Waals surface area contributed by atoms with Crippen LogP contribution >= 0.6 is 0 Å². The van der Waals surface area contributed by atoms with E-state index in [-0.39, 0.29) is 12.6 Å². The van der Waals surface area contributed by atoms with Gasteiger partial charge in [-0.3, -0.25) is 0 Å². The molecule has 10 heteroatoms. The number of carbonyl (C=O) groups is 1. The summed E-state index contributed by atoms with van der Waals surface area (Å²) in [6.07, 6.45) is -9.98. The van der Waals surface area contributed by atoms with Gasteiger partial charge in [-0.2, -0.15) is 26.3 Å². The van der Waals surface area contributed by atoms with E-state index in [9.17, 15) is 31.1 Å². The fourth-order valence-corrected chi connectivity index (χ4v) is 1.50. The molecule has 0 unspecified atom stereocenters. The van der Waals surface area contributed by atoms with Crippen molar-refractivity contribution in [3.63, 3.8) is 0 Å². The lowest BCUT2D eigenvalue weighted by molar-refractivity contribution is -0.143. The Morgan fingerprint density at radius 2 is 1.55 bits per heavy atom. The summed E-state index contributed by atoms with van der Waals surface area (Å²) in [4.78, 5) is 12.5. The van der Waals surface area contributed by atoms with Crippen LogP contribution in [0.25, 0.3) is 0 Å². The zero-order valence-electron chi connectivity index (χ0n) is 11.2. The molecule has 1 aromatic rings. The van der Waals surface area contributed by atoms with Crippen LogP contribution in [0.15, 0.2) is 18.2 Å². The Labute approximate surface area is 121 Å². The van der Waals surface area contributed by atoms with Crippen molar-refractivity contribution < 1.29 is 36.2 Å². The highest BCUT2D eigenvalue weighted by Gasteiger charge is 2.37. The molecule has 0 aliphatic heterocycles. The summed E-state index contributed by atoms with van der Waals surface area (Å²) in [6.45, 7) is -0.531. The number of halogens is 6. The van der Waals surface area contributed by atoms with Gasteiger partial charge in [0.25, 0.3) is 0 Å². The average molecular weight is 330 g/mol. The molecule has 0 saturated carbocycles. The zero-order chi connectivity index (χ0) is 17.1. The van der Waals surface area contributed by atoms with Gasteiger partial charge in [-0.05, 0) is 18.2 Å². The summed E-state index contributed by atoms with van der Waals surface area (Å²) in [7, 11) is 1.23. The van der Waals surface area contributed by atoms with Crippen molar-refractivity contribution in [3.05, 3.63) is 29.3 Å². The van der Waals surface area contributed by atoms with Gasteiger partial charge in [0.15, 0.2) is 0 Å². The maximum atomic E-state index is 12.6. The number of aliphatic hydroxyl groups excluding tert-OH is 1. The predicted octanol–water partition coefficient (Wildman–Crippen LogP) is 3.18. The van der Waals surface area contributed by atoms with Crippen LogP contribution in [-0.2, 0) is 12.4 Å². The van der Waals surface area contributed by atoms with Crippen molar-refractivity contribution in [1.29, 1.82) is 0 Å². The van der Waals surface area contributed by atoms with Crippen molar-refractivity contribution >= 4 is 11.7 Å². The van der Waals surface area contributed by atoms with Gasteiger partial charge < -0.3 is 15.3 Å². The molecule has 0 spiro atoms. The number of urea groups is 1. The van der Waals surface area contributed by atoms with Crippen LogP contribution in [0.4, 0.5) is 36.8 Å². The smallest absolute Gasteiger partial charge is 0.395 e. The number of nitrogens with one attached hydrogen (secondary N) is 1. The molecule has 1 aromatic carbocycles. The number of hydrogen-bond acceptors (Lipinski definition) is 2. The van der Waals surface area contributed by atoms with Crippen molar-refractivity contribution in [1.82, 2.24) is 4.90 Å². The molecule has 22 heavy (non-hydrogen) atoms. The van der Waals surface area contributed by atoms with Gasteiger partial charge in [0.1, 0.15) is 0 Å². The highest BCUT2D eigenvalue weighted by molar-refractivity contribution is 5.89. The van der Waals surface area contributed by atoms with E-state index in [1.165, 1.54) is 7.05 Å². The van der Waals surface area contributed by atoms with E-state index in [1.54, 1.807) is 0 Å². The molecule has 124 valence electrons. The molecular formula is C12H12F6N2O2. The first-order valence-electron chi connectivity index (χ1n) is 5.87. The Kier molecular flexibility index (Phi) is 5.28. The van der Waals surface area contributed by atoms with E-state index in [1.807, 2.05) is 5.32 Å². The molecule has 0 radical (unpaired) electrons. The molecule has 0 aromatic heterocycles. The van der Waals surface area contributed by atoms with E-state index < -0.39 is 41.8 Å². The molecule has 0 atom stereocenters. The quantitative estimate of drug-likeness (QED) is 0.837. The Morgan fingerprint density at radius 1 is 1.09 bits per heavy atom. The number of amides is 2. The topological polar surface area (TPSA) is 52.6 Å². The normalized spacial score (nSPS) is 12.2. The number of anilines is 1. The molecule has 4 nitrogen and oxygen atoms in total. The largest absolute Gasteiger partial charge is 0.416 e. The van der Waals surface area contributed by atoms with Crippen LogP contribution in [0.3, 0.4) is 0 Å². The molecule has 0 fully saturated rings. The van der Waals surface area contributed by atoms with Crippen molar-refractivity contribution in [2.45, 2.75) is 12.4 Å². The monoisotopic (exact) mass is 330 g/mol. The van der Waals surface area contributed by atoms with E-state index in [0.29, 0.717) is 12.1 Å². The Morgan fingerprint density at radius 3 is 1.91 bits per heavy atom. The molecule has 0 saturated heterocycles. The number of aliphatic hydroxyl groups is 1. The minimum Gasteiger partial charge on any atom is -0.395 e. The first kappa shape index (κ1) is 18.1. The summed E-state index contributed by atoms with van der Waals surface area (Å²) in [5, 5.41) is 10.6. The summed E-state index contributed by atoms with van der Waals surface area (Å²) in [5.74, 6) is 0. The number of hydrogen-bond donors (Lipinski definition) is 2. The fourth-order valence-electron chi connectivity index (χ4n) is 1.50. The molecular weight excluding hydrogens is 318 g/mol. The third kappa shape index (κ3) is 4.79. The van der Waals surface area contributed by atoms with Gasteiger partial charge in [-0.1, -0.05) is 0 Å². The van der Waals surface area contributed by atoms with Gasteiger partial charge in [0, 0.05) is 19.3 Å². The van der Waals surface area contributed by atoms with E-state index >= 15 is 0 Å². The van der Waals surface area contributed by atoms with Gasteiger partial charge in [0.2, 0.25) is 0 Å². The first-order chi connectivity index (χ1) is 9.95. The van der Waals surface area contributed by atoms with Gasteiger partial charge in [0.05, 0.1) is 17.7 Å². The Bertz CT molecular complexity index is 509. The lowest BCUT2D eigenvalue weighted by atomic mass is 10.1. The van der Waals surface area contributed by atoms with E-state index in [0.717, 1.165) is 4.90 Å². The molecule has 1 rings (SSSR count). The van der Waals surface area contributed by atoms with Crippen molar-refractivity contribution in [2.75, 3.05) is 25.5 Å². The molecule has 0 bridgehead atoms. The zero-order valence-corrected chi connectivity index (χ0v) is 11.2. The maximum Gasteiger partial charge on any atom is 0.416 e. The molecule has 0 heterocycles. The van der Waals surface area contributed by atoms with Crippen LogP contribution in [0.2, 0.25) is 0 Å². The van der Waals surface area contributed by atoms with Crippen LogP contribution in [0.5, 0.6) is 0 Å². The summed E-state index contributed by atoms with van der Waals surface area (Å²) >= 11 is 0. The second-order valence-electron chi connectivity index (χ2n) is 4.37. The Balaban J connectivity index is 3.16.